The Labute approximate surface area is 217 Å². The van der Waals surface area contributed by atoms with Crippen molar-refractivity contribution in [2.24, 2.45) is 0 Å². The fraction of sp³-hybridized carbons (Fsp3) is 0.391. The SMILES string of the molecule is CNC(C)C(=O)OCOC(=O)C(C)NC.Cc1ccc(S(=O)(=O)[O-])cc1.Cc1ccc(S(=O)(=O)[O-])cc1. The molecule has 0 aromatic heterocycles. The second-order valence-corrected chi connectivity index (χ2v) is 10.4. The van der Waals surface area contributed by atoms with E-state index in [0.29, 0.717) is 0 Å². The molecule has 0 amide bonds. The molecule has 0 spiro atoms. The van der Waals surface area contributed by atoms with Crippen LogP contribution in [0.1, 0.15) is 25.0 Å². The molecule has 2 unspecified atom stereocenters. The standard InChI is InChI=1S/C9H18N2O4.2C7H8O3S/c1-6(10-3)8(12)14-5-15-9(13)7(2)11-4;2*1-6-2-4-7(5-3-6)11(8,9)10/h6-7,10-11H,5H2,1-4H3;2*2-5H,1H3,(H,8,9,10)/p-2. The van der Waals surface area contributed by atoms with Crippen molar-refractivity contribution in [2.45, 2.75) is 49.6 Å². The summed E-state index contributed by atoms with van der Waals surface area (Å²) in [7, 11) is -5.26. The summed E-state index contributed by atoms with van der Waals surface area (Å²) in [6.07, 6.45) is 0. The summed E-state index contributed by atoms with van der Waals surface area (Å²) in [6.45, 7) is 6.60. The lowest BCUT2D eigenvalue weighted by Crippen LogP contribution is -2.35. The van der Waals surface area contributed by atoms with Gasteiger partial charge in [0.25, 0.3) is 0 Å². The van der Waals surface area contributed by atoms with Gasteiger partial charge in [0, 0.05) is 0 Å². The fourth-order valence-electron chi connectivity index (χ4n) is 2.04. The van der Waals surface area contributed by atoms with E-state index in [1.807, 2.05) is 13.8 Å². The lowest BCUT2D eigenvalue weighted by Gasteiger charge is -2.12. The van der Waals surface area contributed by atoms with Gasteiger partial charge in [-0.25, -0.2) is 16.8 Å². The van der Waals surface area contributed by atoms with Crippen LogP contribution in [0.2, 0.25) is 0 Å². The molecule has 0 radical (unpaired) electrons. The predicted octanol–water partition coefficient (Wildman–Crippen LogP) is 1.04. The van der Waals surface area contributed by atoms with E-state index in [2.05, 4.69) is 20.1 Å². The first-order chi connectivity index (χ1) is 17.0. The average molecular weight is 561 g/mol. The number of nitrogens with one attached hydrogen (secondary N) is 2. The van der Waals surface area contributed by atoms with Crippen LogP contribution < -0.4 is 10.6 Å². The minimum Gasteiger partial charge on any atom is -0.744 e. The summed E-state index contributed by atoms with van der Waals surface area (Å²) in [6, 6.07) is 10.7. The van der Waals surface area contributed by atoms with Crippen LogP contribution in [0.25, 0.3) is 0 Å². The van der Waals surface area contributed by atoms with Gasteiger partial charge in [0.1, 0.15) is 32.3 Å². The van der Waals surface area contributed by atoms with Gasteiger partial charge in [0.15, 0.2) is 0 Å². The number of esters is 2. The first-order valence-electron chi connectivity index (χ1n) is 10.8. The van der Waals surface area contributed by atoms with Gasteiger partial charge in [-0.15, -0.1) is 0 Å². The van der Waals surface area contributed by atoms with E-state index in [0.717, 1.165) is 11.1 Å². The molecule has 208 valence electrons. The molecule has 0 saturated carbocycles. The molecule has 0 heterocycles. The third-order valence-electron chi connectivity index (χ3n) is 4.59. The number of carbonyl (C=O) groups is 2. The summed E-state index contributed by atoms with van der Waals surface area (Å²) in [5.41, 5.74) is 1.86. The maximum Gasteiger partial charge on any atom is 0.325 e. The highest BCUT2D eigenvalue weighted by molar-refractivity contribution is 7.86. The van der Waals surface area contributed by atoms with Crippen molar-refractivity contribution in [3.63, 3.8) is 0 Å². The van der Waals surface area contributed by atoms with Crippen molar-refractivity contribution in [1.29, 1.82) is 0 Å². The molecule has 37 heavy (non-hydrogen) atoms. The van der Waals surface area contributed by atoms with Crippen LogP contribution in [0.4, 0.5) is 0 Å². The molecule has 0 aliphatic rings. The van der Waals surface area contributed by atoms with Gasteiger partial charge in [-0.2, -0.15) is 0 Å². The van der Waals surface area contributed by atoms with Crippen LogP contribution in [0.3, 0.4) is 0 Å². The van der Waals surface area contributed by atoms with Gasteiger partial charge >= 0.3 is 11.9 Å². The molecule has 12 nitrogen and oxygen atoms in total. The van der Waals surface area contributed by atoms with E-state index in [1.165, 1.54) is 24.3 Å². The Kier molecular flexibility index (Phi) is 14.8. The lowest BCUT2D eigenvalue weighted by atomic mass is 10.2. The largest absolute Gasteiger partial charge is 0.744 e. The molecule has 0 fully saturated rings. The topological polar surface area (TPSA) is 191 Å². The normalized spacial score (nSPS) is 12.5. The maximum absolute atomic E-state index is 11.1. The Morgan fingerprint density at radius 1 is 0.703 bits per heavy atom. The number of ether oxygens (including phenoxy) is 2. The zero-order chi connectivity index (χ0) is 28.8. The molecule has 0 aliphatic heterocycles. The number of carbonyl (C=O) groups excluding carboxylic acids is 2. The zero-order valence-corrected chi connectivity index (χ0v) is 23.0. The zero-order valence-electron chi connectivity index (χ0n) is 21.4. The Morgan fingerprint density at radius 3 is 1.19 bits per heavy atom. The van der Waals surface area contributed by atoms with Crippen molar-refractivity contribution < 1.29 is 45.0 Å². The van der Waals surface area contributed by atoms with E-state index in [9.17, 15) is 35.5 Å². The highest BCUT2D eigenvalue weighted by Gasteiger charge is 2.15. The number of rotatable bonds is 8. The molecule has 0 saturated heterocycles. The highest BCUT2D eigenvalue weighted by atomic mass is 32.2. The number of benzene rings is 2. The van der Waals surface area contributed by atoms with Crippen LogP contribution in [0.5, 0.6) is 0 Å². The number of hydrogen-bond donors (Lipinski definition) is 2. The third-order valence-corrected chi connectivity index (χ3v) is 6.29. The molecule has 2 aromatic carbocycles. The van der Waals surface area contributed by atoms with Gasteiger partial charge in [-0.3, -0.25) is 9.59 Å². The van der Waals surface area contributed by atoms with Crippen molar-refractivity contribution >= 4 is 32.2 Å². The monoisotopic (exact) mass is 560 g/mol. The number of aryl methyl sites for hydroxylation is 2. The predicted molar refractivity (Wildman–Crippen MR) is 132 cm³/mol. The van der Waals surface area contributed by atoms with E-state index in [-0.39, 0.29) is 16.6 Å². The number of hydrogen-bond acceptors (Lipinski definition) is 12. The van der Waals surface area contributed by atoms with E-state index in [4.69, 9.17) is 0 Å². The van der Waals surface area contributed by atoms with Gasteiger partial charge in [-0.05, 0) is 66.1 Å². The minimum atomic E-state index is -4.27. The van der Waals surface area contributed by atoms with Crippen LogP contribution in [0, 0.1) is 13.8 Å². The molecule has 14 heteroatoms. The Balaban J connectivity index is 0.000000534. The molecule has 2 rings (SSSR count). The molecule has 0 bridgehead atoms. The first kappa shape index (κ1) is 34.1. The number of likely N-dealkylation sites (N-methyl/N-ethyl adjacent to an activating group) is 2. The summed E-state index contributed by atoms with van der Waals surface area (Å²) < 4.78 is 71.7. The first-order valence-corrected chi connectivity index (χ1v) is 13.6. The smallest absolute Gasteiger partial charge is 0.325 e. The van der Waals surface area contributed by atoms with Gasteiger partial charge in [-0.1, -0.05) is 35.4 Å². The second kappa shape index (κ2) is 16.1. The van der Waals surface area contributed by atoms with Gasteiger partial charge in [0.2, 0.25) is 6.79 Å². The van der Waals surface area contributed by atoms with Gasteiger partial charge < -0.3 is 29.2 Å². The Morgan fingerprint density at radius 2 is 0.973 bits per heavy atom. The molecular formula is C23H32N2O10S2-2. The quantitative estimate of drug-likeness (QED) is 0.265. The molecule has 2 aromatic rings. The molecule has 2 atom stereocenters. The molecule has 0 aliphatic carbocycles. The van der Waals surface area contributed by atoms with Crippen molar-refractivity contribution in [3.05, 3.63) is 59.7 Å². The average Bonchev–Trinajstić information content (AvgIpc) is 2.83. The Hall–Kier alpha value is -2.88. The van der Waals surface area contributed by atoms with Crippen LogP contribution in [-0.4, -0.2) is 70.9 Å². The maximum atomic E-state index is 11.1. The van der Waals surface area contributed by atoms with Crippen molar-refractivity contribution in [1.82, 2.24) is 10.6 Å². The highest BCUT2D eigenvalue weighted by Crippen LogP contribution is 2.09. The van der Waals surface area contributed by atoms with E-state index >= 15 is 0 Å². The van der Waals surface area contributed by atoms with E-state index < -0.39 is 44.3 Å². The Bertz CT molecular complexity index is 1100. The summed E-state index contributed by atoms with van der Waals surface area (Å²) in [4.78, 5) is 21.9. The molecular weight excluding hydrogens is 528 g/mol. The third kappa shape index (κ3) is 14.4. The van der Waals surface area contributed by atoms with Crippen LogP contribution in [0.15, 0.2) is 58.3 Å². The van der Waals surface area contributed by atoms with Gasteiger partial charge in [0.05, 0.1) is 9.79 Å². The van der Waals surface area contributed by atoms with E-state index in [1.54, 1.807) is 52.2 Å². The summed E-state index contributed by atoms with van der Waals surface area (Å²) in [5, 5.41) is 5.42. The summed E-state index contributed by atoms with van der Waals surface area (Å²) in [5.74, 6) is -0.912. The summed E-state index contributed by atoms with van der Waals surface area (Å²) >= 11 is 0. The fourth-order valence-corrected chi connectivity index (χ4v) is 2.98. The van der Waals surface area contributed by atoms with Crippen LogP contribution >= 0.6 is 0 Å². The lowest BCUT2D eigenvalue weighted by molar-refractivity contribution is -0.169. The molecule has 2 N–H and O–H groups in total. The van der Waals surface area contributed by atoms with Crippen molar-refractivity contribution in [2.75, 3.05) is 20.9 Å². The second-order valence-electron chi connectivity index (χ2n) is 7.60. The van der Waals surface area contributed by atoms with Crippen LogP contribution in [-0.2, 0) is 39.3 Å². The minimum absolute atomic E-state index is 0.178. The van der Waals surface area contributed by atoms with Crippen molar-refractivity contribution in [3.8, 4) is 0 Å².